The molecule has 0 saturated heterocycles. The van der Waals surface area contributed by atoms with Gasteiger partial charge in [-0.15, -0.1) is 21.5 Å². The van der Waals surface area contributed by atoms with Gasteiger partial charge in [0.1, 0.15) is 11.6 Å². The van der Waals surface area contributed by atoms with E-state index in [4.69, 9.17) is 0 Å². The minimum atomic E-state index is 0.262. The van der Waals surface area contributed by atoms with Crippen LogP contribution in [0.25, 0.3) is 0 Å². The second-order valence-electron chi connectivity index (χ2n) is 5.99. The summed E-state index contributed by atoms with van der Waals surface area (Å²) in [6, 6.07) is 3.09. The molecule has 2 aromatic heterocycles. The fourth-order valence-corrected chi connectivity index (χ4v) is 5.68. The maximum Gasteiger partial charge on any atom is 0.149 e. The second-order valence-corrected chi connectivity index (χ2v) is 9.02. The zero-order valence-corrected chi connectivity index (χ0v) is 15.1. The minimum Gasteiger partial charge on any atom is -0.314 e. The van der Waals surface area contributed by atoms with Crippen LogP contribution in [0.5, 0.6) is 0 Å². The van der Waals surface area contributed by atoms with Gasteiger partial charge in [0.15, 0.2) is 0 Å². The molecule has 1 aliphatic carbocycles. The number of hydrogen-bond acceptors (Lipinski definition) is 4. The summed E-state index contributed by atoms with van der Waals surface area (Å²) < 4.78 is 3.71. The maximum atomic E-state index is 4.42. The Hall–Kier alpha value is -0.470. The fraction of sp³-hybridized carbons (Fsp3) is 0.600. The van der Waals surface area contributed by atoms with Crippen LogP contribution in [0.15, 0.2) is 6.07 Å². The van der Waals surface area contributed by atoms with Crippen molar-refractivity contribution in [2.24, 2.45) is 0 Å². The number of thiophene rings is 1. The van der Waals surface area contributed by atoms with Gasteiger partial charge in [-0.1, -0.05) is 0 Å². The molecule has 0 saturated carbocycles. The van der Waals surface area contributed by atoms with Gasteiger partial charge in [-0.3, -0.25) is 0 Å². The van der Waals surface area contributed by atoms with Crippen LogP contribution in [-0.2, 0) is 19.4 Å². The lowest BCUT2D eigenvalue weighted by Crippen LogP contribution is -2.28. The van der Waals surface area contributed by atoms with E-state index in [1.54, 1.807) is 4.88 Å². The fourth-order valence-electron chi connectivity index (χ4n) is 3.56. The number of aromatic nitrogens is 3. The average Bonchev–Trinajstić information content (AvgIpc) is 3.11. The van der Waals surface area contributed by atoms with Gasteiger partial charge in [0.05, 0.1) is 8.93 Å². The zero-order valence-electron chi connectivity index (χ0n) is 12.1. The SMILES string of the molecule is CC(NC1CCCc2sc(I)cc21)c1nnc2n1CCC2. The lowest BCUT2D eigenvalue weighted by Gasteiger charge is -2.27. The highest BCUT2D eigenvalue weighted by Gasteiger charge is 2.27. The van der Waals surface area contributed by atoms with Crippen molar-refractivity contribution in [3.8, 4) is 0 Å². The standard InChI is InChI=1S/C15H19IN4S/c1-9(15-19-18-14-6-3-7-20(14)15)17-11-4-2-5-12-10(11)8-13(16)21-12/h8-9,11,17H,2-7H2,1H3. The Morgan fingerprint density at radius 1 is 1.38 bits per heavy atom. The van der Waals surface area contributed by atoms with Crippen LogP contribution in [0.2, 0.25) is 0 Å². The van der Waals surface area contributed by atoms with Gasteiger partial charge in [-0.05, 0) is 66.8 Å². The summed E-state index contributed by atoms with van der Waals surface area (Å²) in [6.45, 7) is 3.30. The highest BCUT2D eigenvalue weighted by molar-refractivity contribution is 14.1. The van der Waals surface area contributed by atoms with Crippen molar-refractivity contribution >= 4 is 33.9 Å². The third kappa shape index (κ3) is 2.55. The molecule has 2 atom stereocenters. The van der Waals surface area contributed by atoms with Crippen LogP contribution < -0.4 is 5.32 Å². The molecule has 6 heteroatoms. The molecule has 2 aliphatic rings. The maximum absolute atomic E-state index is 4.42. The molecule has 3 heterocycles. The van der Waals surface area contributed by atoms with E-state index in [2.05, 4.69) is 55.7 Å². The summed E-state index contributed by atoms with van der Waals surface area (Å²) >= 11 is 4.40. The van der Waals surface area contributed by atoms with Crippen LogP contribution in [0, 0.1) is 2.88 Å². The molecule has 0 radical (unpaired) electrons. The van der Waals surface area contributed by atoms with E-state index < -0.39 is 0 Å². The van der Waals surface area contributed by atoms with Crippen LogP contribution in [-0.4, -0.2) is 14.8 Å². The molecule has 4 rings (SSSR count). The Morgan fingerprint density at radius 3 is 3.19 bits per heavy atom. The lowest BCUT2D eigenvalue weighted by atomic mass is 9.93. The van der Waals surface area contributed by atoms with Gasteiger partial charge in [0.2, 0.25) is 0 Å². The Labute approximate surface area is 142 Å². The first-order chi connectivity index (χ1) is 10.2. The Morgan fingerprint density at radius 2 is 2.29 bits per heavy atom. The highest BCUT2D eigenvalue weighted by Crippen LogP contribution is 2.37. The van der Waals surface area contributed by atoms with Gasteiger partial charge < -0.3 is 9.88 Å². The quantitative estimate of drug-likeness (QED) is 0.781. The van der Waals surface area contributed by atoms with Gasteiger partial charge in [-0.2, -0.15) is 0 Å². The average molecular weight is 414 g/mol. The molecular weight excluding hydrogens is 395 g/mol. The Kier molecular flexibility index (Phi) is 3.79. The van der Waals surface area contributed by atoms with Crippen molar-refractivity contribution in [2.45, 2.75) is 57.7 Å². The van der Waals surface area contributed by atoms with E-state index in [-0.39, 0.29) is 6.04 Å². The number of aryl methyl sites for hydroxylation is 2. The third-order valence-electron chi connectivity index (χ3n) is 4.56. The molecule has 4 nitrogen and oxygen atoms in total. The summed E-state index contributed by atoms with van der Waals surface area (Å²) in [5.74, 6) is 2.27. The third-order valence-corrected chi connectivity index (χ3v) is 6.53. The number of halogens is 1. The minimum absolute atomic E-state index is 0.262. The van der Waals surface area contributed by atoms with E-state index >= 15 is 0 Å². The molecule has 1 N–H and O–H groups in total. The first kappa shape index (κ1) is 14.1. The Balaban J connectivity index is 1.56. The Bertz CT molecular complexity index is 663. The zero-order chi connectivity index (χ0) is 14.4. The number of nitrogens with zero attached hydrogens (tertiary/aromatic N) is 3. The van der Waals surface area contributed by atoms with Crippen molar-refractivity contribution in [1.29, 1.82) is 0 Å². The van der Waals surface area contributed by atoms with Crippen molar-refractivity contribution in [3.63, 3.8) is 0 Å². The second kappa shape index (κ2) is 5.62. The van der Waals surface area contributed by atoms with Crippen LogP contribution in [0.1, 0.15) is 60.4 Å². The lowest BCUT2D eigenvalue weighted by molar-refractivity contribution is 0.400. The number of fused-ring (bicyclic) bond motifs is 2. The molecule has 2 unspecified atom stereocenters. The number of hydrogen-bond donors (Lipinski definition) is 1. The predicted octanol–water partition coefficient (Wildman–Crippen LogP) is 3.62. The molecule has 0 spiro atoms. The molecule has 0 aromatic carbocycles. The molecule has 112 valence electrons. The summed E-state index contributed by atoms with van der Waals surface area (Å²) in [5, 5.41) is 12.5. The van der Waals surface area contributed by atoms with E-state index in [0.29, 0.717) is 6.04 Å². The molecule has 0 fully saturated rings. The van der Waals surface area contributed by atoms with Gasteiger partial charge in [0.25, 0.3) is 0 Å². The first-order valence-corrected chi connectivity index (χ1v) is 9.58. The van der Waals surface area contributed by atoms with E-state index in [1.165, 1.54) is 34.1 Å². The first-order valence-electron chi connectivity index (χ1n) is 7.68. The van der Waals surface area contributed by atoms with Crippen molar-refractivity contribution in [2.75, 3.05) is 0 Å². The molecule has 0 bridgehead atoms. The van der Waals surface area contributed by atoms with Gasteiger partial charge >= 0.3 is 0 Å². The van der Waals surface area contributed by atoms with Crippen molar-refractivity contribution in [1.82, 2.24) is 20.1 Å². The molecule has 21 heavy (non-hydrogen) atoms. The van der Waals surface area contributed by atoms with Crippen LogP contribution in [0.3, 0.4) is 0 Å². The highest BCUT2D eigenvalue weighted by atomic mass is 127. The summed E-state index contributed by atoms with van der Waals surface area (Å²) in [5.41, 5.74) is 1.52. The van der Waals surface area contributed by atoms with Crippen LogP contribution in [0.4, 0.5) is 0 Å². The normalized spacial score (nSPS) is 22.1. The monoisotopic (exact) mass is 414 g/mol. The topological polar surface area (TPSA) is 42.7 Å². The predicted molar refractivity (Wildman–Crippen MR) is 92.6 cm³/mol. The van der Waals surface area contributed by atoms with Gasteiger partial charge in [0, 0.05) is 23.9 Å². The van der Waals surface area contributed by atoms with Crippen molar-refractivity contribution in [3.05, 3.63) is 31.0 Å². The smallest absolute Gasteiger partial charge is 0.149 e. The largest absolute Gasteiger partial charge is 0.314 e. The van der Waals surface area contributed by atoms with E-state index in [9.17, 15) is 0 Å². The number of rotatable bonds is 3. The van der Waals surface area contributed by atoms with E-state index in [0.717, 1.165) is 24.6 Å². The summed E-state index contributed by atoms with van der Waals surface area (Å²) in [7, 11) is 0. The summed E-state index contributed by atoms with van der Waals surface area (Å²) in [4.78, 5) is 1.57. The van der Waals surface area contributed by atoms with Gasteiger partial charge in [-0.25, -0.2) is 0 Å². The molecule has 0 amide bonds. The molecular formula is C15H19IN4S. The van der Waals surface area contributed by atoms with Crippen LogP contribution >= 0.6 is 33.9 Å². The molecule has 1 aliphatic heterocycles. The van der Waals surface area contributed by atoms with Crippen molar-refractivity contribution < 1.29 is 0 Å². The molecule has 2 aromatic rings. The van der Waals surface area contributed by atoms with E-state index in [1.807, 2.05) is 11.3 Å². The number of nitrogens with one attached hydrogen (secondary N) is 1. The summed E-state index contributed by atoms with van der Waals surface area (Å²) in [6.07, 6.45) is 6.05.